The second-order valence-corrected chi connectivity index (χ2v) is 16.6. The van der Waals surface area contributed by atoms with Crippen molar-refractivity contribution >= 4 is 75.4 Å². The molecule has 5 rings (SSSR count). The number of nitriles is 1. The summed E-state index contributed by atoms with van der Waals surface area (Å²) >= 11 is 0. The maximum Gasteiger partial charge on any atom is 0.312 e. The van der Waals surface area contributed by atoms with Gasteiger partial charge in [-0.15, -0.1) is 0 Å². The molecule has 67 heavy (non-hydrogen) atoms. The number of nitrogens with two attached hydrogens (primary N) is 1. The van der Waals surface area contributed by atoms with Gasteiger partial charge >= 0.3 is 6.03 Å². The highest BCUT2D eigenvalue weighted by Crippen LogP contribution is 2.32. The summed E-state index contributed by atoms with van der Waals surface area (Å²) in [6, 6.07) is 22.6. The van der Waals surface area contributed by atoms with E-state index in [2.05, 4.69) is 32.5 Å². The monoisotopic (exact) mass is 911 g/mol. The van der Waals surface area contributed by atoms with Crippen LogP contribution in [0.25, 0.3) is 17.0 Å². The Labute approximate surface area is 389 Å². The largest absolute Gasteiger partial charge is 0.352 e. The number of nitrogens with zero attached hydrogens (tertiary/aromatic N) is 4. The Kier molecular flexibility index (Phi) is 18.4. The van der Waals surface area contributed by atoms with E-state index in [1.54, 1.807) is 50.3 Å². The number of Topliss-reactive ketones (excluding diaryl/α,β-unsaturated/α-hetero) is 1. The number of ketones is 1. The molecule has 0 saturated heterocycles. The number of pyridine rings is 1. The molecule has 0 unspecified atom stereocenters. The van der Waals surface area contributed by atoms with Crippen LogP contribution in [0.2, 0.25) is 0 Å². The summed E-state index contributed by atoms with van der Waals surface area (Å²) in [5.74, 6) is -3.27. The lowest BCUT2D eigenvalue weighted by Gasteiger charge is -2.24. The fraction of sp³-hybridized carbons (Fsp3) is 0.340. The van der Waals surface area contributed by atoms with Crippen molar-refractivity contribution in [1.29, 1.82) is 5.26 Å². The third kappa shape index (κ3) is 14.9. The van der Waals surface area contributed by atoms with Crippen LogP contribution in [-0.4, -0.2) is 77.4 Å². The van der Waals surface area contributed by atoms with Crippen LogP contribution in [0.15, 0.2) is 91.0 Å². The first-order chi connectivity index (χ1) is 32.1. The Morgan fingerprint density at radius 3 is 2.37 bits per heavy atom. The molecule has 0 aliphatic carbocycles. The number of imide groups is 1. The number of hydrogen-bond acceptors (Lipinski definition) is 11. The summed E-state index contributed by atoms with van der Waals surface area (Å²) in [6.45, 7) is 6.06. The van der Waals surface area contributed by atoms with Crippen LogP contribution in [-0.2, 0) is 40.2 Å². The number of aryl methyl sites for hydroxylation is 1. The zero-order valence-electron chi connectivity index (χ0n) is 38.2. The number of hydrogen-bond donors (Lipinski definition) is 5. The van der Waals surface area contributed by atoms with Gasteiger partial charge in [0.15, 0.2) is 5.78 Å². The normalized spacial score (nSPS) is 13.1. The van der Waals surface area contributed by atoms with Crippen molar-refractivity contribution in [1.82, 2.24) is 26.0 Å². The molecule has 0 bridgehead atoms. The molecule has 2 heterocycles. The molecular weight excluding hydrogens is 855 g/mol. The van der Waals surface area contributed by atoms with Gasteiger partial charge in [0.2, 0.25) is 11.8 Å². The highest BCUT2D eigenvalue weighted by Gasteiger charge is 2.30. The van der Waals surface area contributed by atoms with Gasteiger partial charge in [-0.3, -0.25) is 38.5 Å². The minimum Gasteiger partial charge on any atom is -0.352 e. The predicted molar refractivity (Wildman–Crippen MR) is 254 cm³/mol. The molecule has 17 nitrogen and oxygen atoms in total. The molecule has 17 heteroatoms. The van der Waals surface area contributed by atoms with E-state index in [1.165, 1.54) is 18.2 Å². The van der Waals surface area contributed by atoms with Crippen molar-refractivity contribution < 1.29 is 38.4 Å². The fourth-order valence-corrected chi connectivity index (χ4v) is 7.47. The van der Waals surface area contributed by atoms with Crippen molar-refractivity contribution in [2.75, 3.05) is 30.4 Å². The van der Waals surface area contributed by atoms with E-state index < -0.39 is 29.8 Å². The van der Waals surface area contributed by atoms with Crippen molar-refractivity contribution in [3.05, 3.63) is 113 Å². The Balaban J connectivity index is 1.11. The summed E-state index contributed by atoms with van der Waals surface area (Å²) in [4.78, 5) is 101. The number of unbranched alkanes of at least 4 members (excludes halogenated alkanes) is 2. The van der Waals surface area contributed by atoms with E-state index in [0.29, 0.717) is 48.1 Å². The second-order valence-electron chi connectivity index (χ2n) is 16.6. The highest BCUT2D eigenvalue weighted by molar-refractivity contribution is 6.12. The molecule has 1 aliphatic rings. The van der Waals surface area contributed by atoms with Crippen molar-refractivity contribution in [2.45, 2.75) is 78.4 Å². The molecule has 3 aromatic carbocycles. The molecule has 6 N–H and O–H groups in total. The van der Waals surface area contributed by atoms with E-state index in [-0.39, 0.29) is 68.4 Å². The number of primary amides is 1. The van der Waals surface area contributed by atoms with Crippen LogP contribution in [0.5, 0.6) is 0 Å². The minimum absolute atomic E-state index is 0.0301. The number of amides is 7. The summed E-state index contributed by atoms with van der Waals surface area (Å²) < 4.78 is 0. The molecule has 1 aliphatic heterocycles. The van der Waals surface area contributed by atoms with Crippen LogP contribution in [0.1, 0.15) is 81.2 Å². The SMILES string of the molecule is Cc1ccc(N(C)c2cc(C#N)nc3ccccc23)cc1/C=C/C(=O)NOCc1ccc(NC(=O)[C@H](CCCNC(N)=O)CC(=O)[C@@H](NC(=O)CCCCCN2C(=O)C=CC2=O)C(C)C)cc1. The van der Waals surface area contributed by atoms with Gasteiger partial charge < -0.3 is 26.6 Å². The quantitative estimate of drug-likeness (QED) is 0.0235. The predicted octanol–water partition coefficient (Wildman–Crippen LogP) is 6.03. The van der Waals surface area contributed by atoms with Gasteiger partial charge in [-0.2, -0.15) is 5.26 Å². The lowest BCUT2D eigenvalue weighted by Crippen LogP contribution is -2.45. The third-order valence-corrected chi connectivity index (χ3v) is 11.2. The van der Waals surface area contributed by atoms with E-state index in [9.17, 15) is 38.8 Å². The number of urea groups is 1. The van der Waals surface area contributed by atoms with Gasteiger partial charge in [0.1, 0.15) is 11.8 Å². The van der Waals surface area contributed by atoms with E-state index in [4.69, 9.17) is 10.6 Å². The number of hydroxylamine groups is 1. The van der Waals surface area contributed by atoms with E-state index in [1.807, 2.05) is 61.3 Å². The molecule has 2 atom stereocenters. The Bertz CT molecular complexity index is 2550. The number of fused-ring (bicyclic) bond motifs is 1. The molecule has 0 saturated carbocycles. The summed E-state index contributed by atoms with van der Waals surface area (Å²) in [6.07, 6.45) is 7.78. The van der Waals surface area contributed by atoms with E-state index >= 15 is 0 Å². The first-order valence-electron chi connectivity index (χ1n) is 22.2. The zero-order valence-corrected chi connectivity index (χ0v) is 38.2. The van der Waals surface area contributed by atoms with Gasteiger partial charge in [0, 0.05) is 73.9 Å². The zero-order chi connectivity index (χ0) is 48.5. The molecule has 350 valence electrons. The minimum atomic E-state index is -0.838. The summed E-state index contributed by atoms with van der Waals surface area (Å²) in [5.41, 5.74) is 13.2. The molecule has 0 fully saturated rings. The molecule has 0 spiro atoms. The second kappa shape index (κ2) is 24.5. The number of para-hydroxylation sites is 1. The topological polar surface area (TPSA) is 246 Å². The Morgan fingerprint density at radius 1 is 0.940 bits per heavy atom. The lowest BCUT2D eigenvalue weighted by atomic mass is 9.89. The van der Waals surface area contributed by atoms with Gasteiger partial charge in [0.25, 0.3) is 17.7 Å². The number of carbonyl (C=O) groups is 7. The van der Waals surface area contributed by atoms with Crippen LogP contribution in [0.3, 0.4) is 0 Å². The van der Waals surface area contributed by atoms with Gasteiger partial charge in [-0.1, -0.05) is 56.7 Å². The molecule has 4 aromatic rings. The van der Waals surface area contributed by atoms with Gasteiger partial charge in [0.05, 0.1) is 23.9 Å². The number of benzene rings is 3. The standard InChI is InChI=1S/C50H57N9O8/c1-32(2)48(56-44(61)14-6-5-9-26-59-46(63)23-24-47(59)64)43(60)28-36(11-10-25-53-50(52)66)49(65)55-37-19-16-34(17-20-37)31-67-57-45(62)22-18-35-27-39(21-15-33(35)3)58(4)42-29-38(30-51)54-41-13-8-7-12-40(41)42/h7-8,12-13,15-24,27,29,32,36,48H,5-6,9-11,14,25-26,28,31H2,1-4H3,(H,55,65)(H,56,61)(H,57,62)(H3,52,53,66)/b22-18+/t36-,48+/m1/s1. The number of nitrogens with one attached hydrogen (secondary N) is 4. The third-order valence-electron chi connectivity index (χ3n) is 11.2. The maximum atomic E-state index is 13.7. The maximum absolute atomic E-state index is 13.7. The molecule has 1 aromatic heterocycles. The number of rotatable bonds is 24. The van der Waals surface area contributed by atoms with Crippen LogP contribution < -0.4 is 32.1 Å². The smallest absolute Gasteiger partial charge is 0.312 e. The van der Waals surface area contributed by atoms with Crippen molar-refractivity contribution in [3.8, 4) is 6.07 Å². The summed E-state index contributed by atoms with van der Waals surface area (Å²) in [5, 5.41) is 18.7. The van der Waals surface area contributed by atoms with Crippen LogP contribution >= 0.6 is 0 Å². The molecular formula is C50H57N9O8. The van der Waals surface area contributed by atoms with E-state index in [0.717, 1.165) is 32.8 Å². The van der Waals surface area contributed by atoms with Crippen molar-refractivity contribution in [2.24, 2.45) is 17.6 Å². The Morgan fingerprint density at radius 2 is 1.67 bits per heavy atom. The highest BCUT2D eigenvalue weighted by atomic mass is 16.6. The fourth-order valence-electron chi connectivity index (χ4n) is 7.47. The first kappa shape index (κ1) is 50.3. The van der Waals surface area contributed by atoms with Crippen molar-refractivity contribution in [3.63, 3.8) is 0 Å². The van der Waals surface area contributed by atoms with Crippen LogP contribution in [0, 0.1) is 30.1 Å². The van der Waals surface area contributed by atoms with Crippen LogP contribution in [0.4, 0.5) is 21.9 Å². The van der Waals surface area contributed by atoms with Gasteiger partial charge in [-0.05, 0) is 97.7 Å². The average Bonchev–Trinajstić information content (AvgIpc) is 3.63. The Hall–Kier alpha value is -7.71. The number of aromatic nitrogens is 1. The first-order valence-corrected chi connectivity index (χ1v) is 22.2. The van der Waals surface area contributed by atoms with Gasteiger partial charge in [-0.25, -0.2) is 15.3 Å². The number of carbonyl (C=O) groups excluding carboxylic acids is 7. The molecule has 7 amide bonds. The lowest BCUT2D eigenvalue weighted by molar-refractivity contribution is -0.137. The summed E-state index contributed by atoms with van der Waals surface area (Å²) in [7, 11) is 1.91. The number of anilines is 3. The molecule has 0 radical (unpaired) electrons. The average molecular weight is 912 g/mol.